The number of nitrogens with two attached hydrogens (primary N) is 1. The molecule has 5 nitrogen and oxygen atoms in total. The van der Waals surface area contributed by atoms with Crippen molar-refractivity contribution >= 4 is 23.2 Å². The molecule has 128 valence electrons. The van der Waals surface area contributed by atoms with E-state index in [-0.39, 0.29) is 0 Å². The van der Waals surface area contributed by atoms with E-state index in [4.69, 9.17) is 10.5 Å². The number of piperidine rings is 1. The minimum Gasteiger partial charge on any atom is -0.444 e. The zero-order chi connectivity index (χ0) is 17.0. The van der Waals surface area contributed by atoms with Crippen molar-refractivity contribution in [1.29, 1.82) is 0 Å². The molecule has 0 atom stereocenters. The maximum Gasteiger partial charge on any atom is 0.412 e. The van der Waals surface area contributed by atoms with Crippen LogP contribution in [-0.2, 0) is 4.74 Å². The number of carbonyl (C=O) groups excluding carboxylic acids is 1. The lowest BCUT2D eigenvalue weighted by atomic mass is 9.94. The van der Waals surface area contributed by atoms with Gasteiger partial charge >= 0.3 is 6.09 Å². The van der Waals surface area contributed by atoms with Crippen LogP contribution in [0.15, 0.2) is 18.2 Å². The molecule has 1 saturated heterocycles. The number of anilines is 3. The van der Waals surface area contributed by atoms with Gasteiger partial charge < -0.3 is 15.4 Å². The Hall–Kier alpha value is -1.91. The number of hydrogen-bond acceptors (Lipinski definition) is 4. The van der Waals surface area contributed by atoms with E-state index in [0.717, 1.165) is 24.7 Å². The molecule has 0 bridgehead atoms. The zero-order valence-corrected chi connectivity index (χ0v) is 14.7. The molecule has 5 heteroatoms. The number of hydrogen-bond donors (Lipinski definition) is 2. The van der Waals surface area contributed by atoms with Crippen LogP contribution in [0.3, 0.4) is 0 Å². The van der Waals surface area contributed by atoms with Crippen LogP contribution in [0.5, 0.6) is 0 Å². The average Bonchev–Trinajstić information content (AvgIpc) is 2.45. The van der Waals surface area contributed by atoms with Gasteiger partial charge in [-0.3, -0.25) is 5.32 Å². The van der Waals surface area contributed by atoms with Gasteiger partial charge in [0.15, 0.2) is 0 Å². The fraction of sp³-hybridized carbons (Fsp3) is 0.611. The number of ether oxygens (including phenoxy) is 1. The van der Waals surface area contributed by atoms with E-state index in [2.05, 4.69) is 17.1 Å². The molecule has 1 heterocycles. The lowest BCUT2D eigenvalue weighted by Crippen LogP contribution is -2.34. The Labute approximate surface area is 139 Å². The maximum absolute atomic E-state index is 11.8. The predicted octanol–water partition coefficient (Wildman–Crippen LogP) is 4.24. The number of carbonyl (C=O) groups is 1. The molecule has 0 spiro atoms. The summed E-state index contributed by atoms with van der Waals surface area (Å²) in [5, 5.41) is 2.73. The first kappa shape index (κ1) is 17.4. The molecule has 1 aromatic rings. The van der Waals surface area contributed by atoms with Gasteiger partial charge in [0.25, 0.3) is 0 Å². The number of nitrogens with zero attached hydrogens (tertiary/aromatic N) is 1. The van der Waals surface area contributed by atoms with E-state index in [1.54, 1.807) is 6.07 Å². The minimum atomic E-state index is -0.515. The van der Waals surface area contributed by atoms with Crippen molar-refractivity contribution in [2.24, 2.45) is 5.92 Å². The third kappa shape index (κ3) is 5.05. The van der Waals surface area contributed by atoms with Gasteiger partial charge in [-0.2, -0.15) is 0 Å². The molecule has 0 radical (unpaired) electrons. The van der Waals surface area contributed by atoms with Crippen LogP contribution in [0.2, 0.25) is 0 Å². The van der Waals surface area contributed by atoms with Crippen LogP contribution in [0, 0.1) is 5.92 Å². The molecule has 1 amide bonds. The highest BCUT2D eigenvalue weighted by atomic mass is 16.6. The lowest BCUT2D eigenvalue weighted by molar-refractivity contribution is 0.0636. The summed E-state index contributed by atoms with van der Waals surface area (Å²) < 4.78 is 5.25. The van der Waals surface area contributed by atoms with E-state index in [0.29, 0.717) is 11.4 Å². The summed E-state index contributed by atoms with van der Waals surface area (Å²) in [6, 6.07) is 5.65. The highest BCUT2D eigenvalue weighted by molar-refractivity contribution is 5.87. The molecule has 2 rings (SSSR count). The second-order valence-electron chi connectivity index (χ2n) is 7.24. The normalized spacial score (nSPS) is 16.3. The number of amides is 1. The third-order valence-corrected chi connectivity index (χ3v) is 4.21. The smallest absolute Gasteiger partial charge is 0.412 e. The molecule has 1 aromatic carbocycles. The van der Waals surface area contributed by atoms with E-state index in [1.165, 1.54) is 19.3 Å². The van der Waals surface area contributed by atoms with Crippen LogP contribution in [0.25, 0.3) is 0 Å². The van der Waals surface area contributed by atoms with Crippen molar-refractivity contribution < 1.29 is 9.53 Å². The van der Waals surface area contributed by atoms with Crippen molar-refractivity contribution in [2.45, 2.75) is 52.6 Å². The second-order valence-corrected chi connectivity index (χ2v) is 7.24. The SMILES string of the molecule is CCC1CCN(c2ccc(NC(=O)OC(C)(C)C)cc2N)CC1. The summed E-state index contributed by atoms with van der Waals surface area (Å²) in [6.45, 7) is 9.85. The summed E-state index contributed by atoms with van der Waals surface area (Å²) in [5.74, 6) is 0.834. The summed E-state index contributed by atoms with van der Waals surface area (Å²) >= 11 is 0. The molecule has 1 aliphatic rings. The number of nitrogens with one attached hydrogen (secondary N) is 1. The van der Waals surface area contributed by atoms with Gasteiger partial charge in [0.1, 0.15) is 5.60 Å². The second kappa shape index (κ2) is 7.11. The molecule has 0 aliphatic carbocycles. The van der Waals surface area contributed by atoms with E-state index >= 15 is 0 Å². The van der Waals surface area contributed by atoms with Crippen molar-refractivity contribution in [1.82, 2.24) is 0 Å². The van der Waals surface area contributed by atoms with Crippen molar-refractivity contribution in [2.75, 3.05) is 29.0 Å². The summed E-state index contributed by atoms with van der Waals surface area (Å²) in [7, 11) is 0. The molecule has 1 aliphatic heterocycles. The number of rotatable bonds is 3. The number of benzene rings is 1. The van der Waals surface area contributed by atoms with Crippen molar-refractivity contribution in [3.05, 3.63) is 18.2 Å². The van der Waals surface area contributed by atoms with Crippen LogP contribution < -0.4 is 16.0 Å². The number of nitrogen functional groups attached to an aromatic ring is 1. The first-order valence-corrected chi connectivity index (χ1v) is 8.43. The predicted molar refractivity (Wildman–Crippen MR) is 95.9 cm³/mol. The Kier molecular flexibility index (Phi) is 5.39. The van der Waals surface area contributed by atoms with E-state index in [9.17, 15) is 4.79 Å². The fourth-order valence-corrected chi connectivity index (χ4v) is 2.92. The topological polar surface area (TPSA) is 67.6 Å². The Balaban J connectivity index is 1.99. The standard InChI is InChI=1S/C18H29N3O2/c1-5-13-8-10-21(11-9-13)16-7-6-14(12-15(16)19)20-17(22)23-18(2,3)4/h6-7,12-13H,5,8-11,19H2,1-4H3,(H,20,22). The molecule has 3 N–H and O–H groups in total. The van der Waals surface area contributed by atoms with Crippen LogP contribution >= 0.6 is 0 Å². The Morgan fingerprint density at radius 1 is 1.35 bits per heavy atom. The van der Waals surface area contributed by atoms with Gasteiger partial charge in [-0.15, -0.1) is 0 Å². The van der Waals surface area contributed by atoms with Crippen LogP contribution in [-0.4, -0.2) is 24.8 Å². The quantitative estimate of drug-likeness (QED) is 0.818. The Morgan fingerprint density at radius 2 is 2.00 bits per heavy atom. The van der Waals surface area contributed by atoms with Gasteiger partial charge in [0.2, 0.25) is 0 Å². The highest BCUT2D eigenvalue weighted by Crippen LogP contribution is 2.31. The third-order valence-electron chi connectivity index (χ3n) is 4.21. The first-order valence-electron chi connectivity index (χ1n) is 8.43. The van der Waals surface area contributed by atoms with E-state index in [1.807, 2.05) is 32.9 Å². The maximum atomic E-state index is 11.8. The summed E-state index contributed by atoms with van der Waals surface area (Å²) in [6.07, 6.45) is 3.22. The summed E-state index contributed by atoms with van der Waals surface area (Å²) in [4.78, 5) is 14.1. The van der Waals surface area contributed by atoms with Gasteiger partial charge in [-0.1, -0.05) is 13.3 Å². The van der Waals surface area contributed by atoms with Crippen molar-refractivity contribution in [3.63, 3.8) is 0 Å². The molecule has 0 saturated carbocycles. The molecule has 1 fully saturated rings. The molecular formula is C18H29N3O2. The van der Waals surface area contributed by atoms with Gasteiger partial charge in [0.05, 0.1) is 11.4 Å². The van der Waals surface area contributed by atoms with Crippen LogP contribution in [0.4, 0.5) is 21.9 Å². The minimum absolute atomic E-state index is 0.464. The monoisotopic (exact) mass is 319 g/mol. The largest absolute Gasteiger partial charge is 0.444 e. The molecular weight excluding hydrogens is 290 g/mol. The van der Waals surface area contributed by atoms with Crippen LogP contribution in [0.1, 0.15) is 47.0 Å². The lowest BCUT2D eigenvalue weighted by Gasteiger charge is -2.34. The highest BCUT2D eigenvalue weighted by Gasteiger charge is 2.20. The summed E-state index contributed by atoms with van der Waals surface area (Å²) in [5.41, 5.74) is 8.07. The Morgan fingerprint density at radius 3 is 2.52 bits per heavy atom. The zero-order valence-electron chi connectivity index (χ0n) is 14.7. The Bertz CT molecular complexity index is 544. The first-order chi connectivity index (χ1) is 10.8. The van der Waals surface area contributed by atoms with Gasteiger partial charge in [-0.05, 0) is 57.7 Å². The van der Waals surface area contributed by atoms with Gasteiger partial charge in [-0.25, -0.2) is 4.79 Å². The molecule has 23 heavy (non-hydrogen) atoms. The van der Waals surface area contributed by atoms with E-state index < -0.39 is 11.7 Å². The fourth-order valence-electron chi connectivity index (χ4n) is 2.92. The van der Waals surface area contributed by atoms with Gasteiger partial charge in [0, 0.05) is 18.8 Å². The molecule has 0 aromatic heterocycles. The molecule has 0 unspecified atom stereocenters. The van der Waals surface area contributed by atoms with Crippen molar-refractivity contribution in [3.8, 4) is 0 Å². The average molecular weight is 319 g/mol.